The summed E-state index contributed by atoms with van der Waals surface area (Å²) in [5.41, 5.74) is 6.71. The SMILES string of the molecule is CCc1c(N)nnn1C1CCOC1. The Morgan fingerprint density at radius 1 is 1.69 bits per heavy atom. The van der Waals surface area contributed by atoms with E-state index < -0.39 is 0 Å². The molecule has 0 amide bonds. The van der Waals surface area contributed by atoms with Crippen LogP contribution in [0.15, 0.2) is 0 Å². The fraction of sp³-hybridized carbons (Fsp3) is 0.750. The number of nitrogen functional groups attached to an aromatic ring is 1. The van der Waals surface area contributed by atoms with Crippen LogP contribution in [0.4, 0.5) is 5.82 Å². The summed E-state index contributed by atoms with van der Waals surface area (Å²) in [4.78, 5) is 0. The Labute approximate surface area is 76.9 Å². The van der Waals surface area contributed by atoms with Gasteiger partial charge in [0.15, 0.2) is 5.82 Å². The monoisotopic (exact) mass is 182 g/mol. The summed E-state index contributed by atoms with van der Waals surface area (Å²) in [7, 11) is 0. The Bertz CT molecular complexity index is 290. The number of hydrogen-bond acceptors (Lipinski definition) is 4. The maximum absolute atomic E-state index is 5.68. The quantitative estimate of drug-likeness (QED) is 0.718. The number of anilines is 1. The molecule has 2 N–H and O–H groups in total. The Hall–Kier alpha value is -1.10. The van der Waals surface area contributed by atoms with Crippen LogP contribution in [0.2, 0.25) is 0 Å². The summed E-state index contributed by atoms with van der Waals surface area (Å²) in [6.07, 6.45) is 1.88. The van der Waals surface area contributed by atoms with Crippen LogP contribution < -0.4 is 5.73 Å². The molecule has 1 fully saturated rings. The van der Waals surface area contributed by atoms with Gasteiger partial charge in [0.1, 0.15) is 0 Å². The predicted molar refractivity (Wildman–Crippen MR) is 48.3 cm³/mol. The van der Waals surface area contributed by atoms with Gasteiger partial charge in [0, 0.05) is 6.61 Å². The van der Waals surface area contributed by atoms with Crippen molar-refractivity contribution in [2.45, 2.75) is 25.8 Å². The van der Waals surface area contributed by atoms with Gasteiger partial charge in [-0.3, -0.25) is 0 Å². The van der Waals surface area contributed by atoms with E-state index in [1.54, 1.807) is 0 Å². The second-order valence-corrected chi connectivity index (χ2v) is 3.24. The number of nitrogens with zero attached hydrogens (tertiary/aromatic N) is 3. The van der Waals surface area contributed by atoms with Crippen molar-refractivity contribution in [2.24, 2.45) is 0 Å². The van der Waals surface area contributed by atoms with Crippen LogP contribution in [0.5, 0.6) is 0 Å². The molecule has 0 aliphatic carbocycles. The van der Waals surface area contributed by atoms with Gasteiger partial charge in [0.25, 0.3) is 0 Å². The Morgan fingerprint density at radius 3 is 3.15 bits per heavy atom. The first-order valence-corrected chi connectivity index (χ1v) is 4.60. The first kappa shape index (κ1) is 8.50. The highest BCUT2D eigenvalue weighted by molar-refractivity contribution is 5.33. The molecule has 0 bridgehead atoms. The van der Waals surface area contributed by atoms with Gasteiger partial charge in [-0.2, -0.15) is 0 Å². The van der Waals surface area contributed by atoms with E-state index >= 15 is 0 Å². The lowest BCUT2D eigenvalue weighted by Gasteiger charge is -2.10. The van der Waals surface area contributed by atoms with Crippen molar-refractivity contribution in [3.63, 3.8) is 0 Å². The van der Waals surface area contributed by atoms with Crippen LogP contribution in [0.25, 0.3) is 0 Å². The zero-order valence-corrected chi connectivity index (χ0v) is 7.73. The Balaban J connectivity index is 2.27. The molecule has 0 aromatic carbocycles. The maximum atomic E-state index is 5.68. The highest BCUT2D eigenvalue weighted by atomic mass is 16.5. The summed E-state index contributed by atoms with van der Waals surface area (Å²) >= 11 is 0. The van der Waals surface area contributed by atoms with E-state index in [4.69, 9.17) is 10.5 Å². The van der Waals surface area contributed by atoms with Crippen molar-refractivity contribution >= 4 is 5.82 Å². The highest BCUT2D eigenvalue weighted by Crippen LogP contribution is 2.21. The van der Waals surface area contributed by atoms with Gasteiger partial charge in [0.2, 0.25) is 0 Å². The number of hydrogen-bond donors (Lipinski definition) is 1. The molecular formula is C8H14N4O. The molecule has 0 spiro atoms. The molecule has 1 unspecified atom stereocenters. The first-order chi connectivity index (χ1) is 6.33. The molecule has 1 atom stereocenters. The summed E-state index contributed by atoms with van der Waals surface area (Å²) < 4.78 is 7.20. The topological polar surface area (TPSA) is 66.0 Å². The van der Waals surface area contributed by atoms with Crippen LogP contribution in [0.3, 0.4) is 0 Å². The number of rotatable bonds is 2. The average molecular weight is 182 g/mol. The zero-order valence-electron chi connectivity index (χ0n) is 7.73. The van der Waals surface area contributed by atoms with Crippen molar-refractivity contribution < 1.29 is 4.74 Å². The lowest BCUT2D eigenvalue weighted by atomic mass is 10.2. The molecule has 1 aromatic rings. The second-order valence-electron chi connectivity index (χ2n) is 3.24. The standard InChI is InChI=1S/C8H14N4O/c1-2-7-8(9)10-11-12(7)6-3-4-13-5-6/h6H,2-5,9H2,1H3. The summed E-state index contributed by atoms with van der Waals surface area (Å²) in [5.74, 6) is 0.550. The van der Waals surface area contributed by atoms with E-state index in [9.17, 15) is 0 Å². The van der Waals surface area contributed by atoms with E-state index in [0.29, 0.717) is 11.9 Å². The van der Waals surface area contributed by atoms with E-state index in [2.05, 4.69) is 17.2 Å². The third-order valence-electron chi connectivity index (χ3n) is 2.41. The number of ether oxygens (including phenoxy) is 1. The average Bonchev–Trinajstić information content (AvgIpc) is 2.71. The molecule has 1 saturated heterocycles. The van der Waals surface area contributed by atoms with Crippen LogP contribution in [-0.2, 0) is 11.2 Å². The van der Waals surface area contributed by atoms with E-state index in [1.807, 2.05) is 4.68 Å². The van der Waals surface area contributed by atoms with Gasteiger partial charge in [-0.15, -0.1) is 5.10 Å². The maximum Gasteiger partial charge on any atom is 0.169 e. The minimum atomic E-state index is 0.333. The molecule has 5 nitrogen and oxygen atoms in total. The fourth-order valence-electron chi connectivity index (χ4n) is 1.68. The summed E-state index contributed by atoms with van der Waals surface area (Å²) in [6, 6.07) is 0.333. The number of aromatic nitrogens is 3. The third-order valence-corrected chi connectivity index (χ3v) is 2.41. The molecule has 72 valence electrons. The molecule has 1 aromatic heterocycles. The predicted octanol–water partition coefficient (Wildman–Crippen LogP) is 0.384. The van der Waals surface area contributed by atoms with Gasteiger partial charge in [-0.25, -0.2) is 4.68 Å². The second kappa shape index (κ2) is 3.33. The molecule has 13 heavy (non-hydrogen) atoms. The molecule has 5 heteroatoms. The third kappa shape index (κ3) is 1.39. The first-order valence-electron chi connectivity index (χ1n) is 4.60. The Morgan fingerprint density at radius 2 is 2.54 bits per heavy atom. The van der Waals surface area contributed by atoms with E-state index in [0.717, 1.165) is 31.7 Å². The lowest BCUT2D eigenvalue weighted by Crippen LogP contribution is -2.13. The van der Waals surface area contributed by atoms with Crippen LogP contribution >= 0.6 is 0 Å². The molecule has 2 heterocycles. The van der Waals surface area contributed by atoms with Gasteiger partial charge in [-0.05, 0) is 12.8 Å². The van der Waals surface area contributed by atoms with E-state index in [1.165, 1.54) is 0 Å². The fourth-order valence-corrected chi connectivity index (χ4v) is 1.68. The van der Waals surface area contributed by atoms with Gasteiger partial charge in [-0.1, -0.05) is 12.1 Å². The summed E-state index contributed by atoms with van der Waals surface area (Å²) in [5, 5.41) is 7.90. The van der Waals surface area contributed by atoms with Crippen LogP contribution in [0, 0.1) is 0 Å². The smallest absolute Gasteiger partial charge is 0.169 e. The van der Waals surface area contributed by atoms with Crippen molar-refractivity contribution in [1.29, 1.82) is 0 Å². The minimum Gasteiger partial charge on any atom is -0.381 e. The molecule has 2 rings (SSSR count). The van der Waals surface area contributed by atoms with Crippen molar-refractivity contribution in [3.05, 3.63) is 5.69 Å². The highest BCUT2D eigenvalue weighted by Gasteiger charge is 2.21. The zero-order chi connectivity index (χ0) is 9.26. The molecule has 1 aliphatic heterocycles. The molecule has 1 aliphatic rings. The minimum absolute atomic E-state index is 0.333. The van der Waals surface area contributed by atoms with Gasteiger partial charge in [0.05, 0.1) is 18.3 Å². The van der Waals surface area contributed by atoms with Gasteiger partial charge < -0.3 is 10.5 Å². The largest absolute Gasteiger partial charge is 0.381 e. The lowest BCUT2D eigenvalue weighted by molar-refractivity contribution is 0.183. The Kier molecular flexibility index (Phi) is 2.18. The molecule has 0 saturated carbocycles. The number of nitrogens with two attached hydrogens (primary N) is 1. The van der Waals surface area contributed by atoms with Crippen LogP contribution in [-0.4, -0.2) is 28.2 Å². The van der Waals surface area contributed by atoms with E-state index in [-0.39, 0.29) is 0 Å². The van der Waals surface area contributed by atoms with Crippen molar-refractivity contribution in [1.82, 2.24) is 15.0 Å². The summed E-state index contributed by atoms with van der Waals surface area (Å²) in [6.45, 7) is 3.60. The van der Waals surface area contributed by atoms with Crippen molar-refractivity contribution in [3.8, 4) is 0 Å². The van der Waals surface area contributed by atoms with Crippen molar-refractivity contribution in [2.75, 3.05) is 18.9 Å². The normalized spacial score (nSPS) is 22.4. The van der Waals surface area contributed by atoms with Gasteiger partial charge >= 0.3 is 0 Å². The van der Waals surface area contributed by atoms with Crippen LogP contribution in [0.1, 0.15) is 25.1 Å². The molecule has 0 radical (unpaired) electrons. The molecular weight excluding hydrogens is 168 g/mol.